The topological polar surface area (TPSA) is 99.7 Å². The Bertz CT molecular complexity index is 1160. The highest BCUT2D eigenvalue weighted by Gasteiger charge is 2.34. The minimum absolute atomic E-state index is 0.0117. The first kappa shape index (κ1) is 22.4. The number of aryl methyl sites for hydroxylation is 1. The third-order valence-corrected chi connectivity index (χ3v) is 8.10. The first-order chi connectivity index (χ1) is 15.2. The van der Waals surface area contributed by atoms with E-state index in [1.165, 1.54) is 11.2 Å². The van der Waals surface area contributed by atoms with Crippen LogP contribution in [0.5, 0.6) is 0 Å². The van der Waals surface area contributed by atoms with Crippen LogP contribution in [0.4, 0.5) is 11.5 Å². The Hall–Kier alpha value is -2.78. The van der Waals surface area contributed by atoms with E-state index in [9.17, 15) is 18.0 Å². The standard InChI is InChI=1S/C23H28N4O4S/c1-15-5-4-6-22(24-15)25-23(29)18-9-11-26(12-10-18)32(30,31)20-7-8-21-19(14-20)13-16(2)27(21)17(3)28/h4-8,14,16,18H,9-13H2,1-3H3,(H,24,25,29)/t16-/m0/s1. The molecule has 0 bridgehead atoms. The van der Waals surface area contributed by atoms with Crippen molar-refractivity contribution in [3.63, 3.8) is 0 Å². The summed E-state index contributed by atoms with van der Waals surface area (Å²) in [6, 6.07) is 10.4. The Kier molecular flexibility index (Phi) is 6.05. The summed E-state index contributed by atoms with van der Waals surface area (Å²) < 4.78 is 27.9. The van der Waals surface area contributed by atoms with Gasteiger partial charge >= 0.3 is 0 Å². The molecule has 1 fully saturated rings. The van der Waals surface area contributed by atoms with Crippen LogP contribution in [0.1, 0.15) is 37.9 Å². The number of hydrogen-bond donors (Lipinski definition) is 1. The zero-order chi connectivity index (χ0) is 23.0. The maximum atomic E-state index is 13.2. The number of amides is 2. The van der Waals surface area contributed by atoms with Crippen LogP contribution in [0.25, 0.3) is 0 Å². The molecule has 0 saturated carbocycles. The molecule has 2 aliphatic rings. The second-order valence-electron chi connectivity index (χ2n) is 8.56. The molecule has 1 aromatic heterocycles. The van der Waals surface area contributed by atoms with E-state index in [0.717, 1.165) is 16.9 Å². The quantitative estimate of drug-likeness (QED) is 0.763. The summed E-state index contributed by atoms with van der Waals surface area (Å²) in [4.78, 5) is 30.8. The molecule has 2 aliphatic heterocycles. The smallest absolute Gasteiger partial charge is 0.243 e. The number of nitrogens with one attached hydrogen (secondary N) is 1. The molecule has 0 spiro atoms. The lowest BCUT2D eigenvalue weighted by Crippen LogP contribution is -2.41. The predicted molar refractivity (Wildman–Crippen MR) is 122 cm³/mol. The third-order valence-electron chi connectivity index (χ3n) is 6.21. The van der Waals surface area contributed by atoms with E-state index in [2.05, 4.69) is 10.3 Å². The summed E-state index contributed by atoms with van der Waals surface area (Å²) in [7, 11) is -3.67. The van der Waals surface area contributed by atoms with E-state index in [0.29, 0.717) is 25.1 Å². The van der Waals surface area contributed by atoms with Gasteiger partial charge < -0.3 is 10.2 Å². The number of aromatic nitrogens is 1. The molecular formula is C23H28N4O4S. The number of pyridine rings is 1. The van der Waals surface area contributed by atoms with Gasteiger partial charge in [-0.25, -0.2) is 13.4 Å². The largest absolute Gasteiger partial charge is 0.310 e. The van der Waals surface area contributed by atoms with Gasteiger partial charge in [0.25, 0.3) is 0 Å². The lowest BCUT2D eigenvalue weighted by atomic mass is 9.97. The van der Waals surface area contributed by atoms with Crippen molar-refractivity contribution in [2.45, 2.75) is 51.0 Å². The third kappa shape index (κ3) is 4.27. The van der Waals surface area contributed by atoms with Crippen LogP contribution in [-0.2, 0) is 26.0 Å². The van der Waals surface area contributed by atoms with Crippen molar-refractivity contribution >= 4 is 33.3 Å². The fourth-order valence-electron chi connectivity index (χ4n) is 4.60. The highest BCUT2D eigenvalue weighted by Crippen LogP contribution is 2.35. The van der Waals surface area contributed by atoms with Crippen molar-refractivity contribution in [1.82, 2.24) is 9.29 Å². The first-order valence-corrected chi connectivity index (χ1v) is 12.3. The average molecular weight is 457 g/mol. The van der Waals surface area contributed by atoms with Gasteiger partial charge in [0.15, 0.2) is 0 Å². The summed E-state index contributed by atoms with van der Waals surface area (Å²) >= 11 is 0. The van der Waals surface area contributed by atoms with E-state index < -0.39 is 10.0 Å². The molecule has 8 nitrogen and oxygen atoms in total. The molecule has 9 heteroatoms. The Morgan fingerprint density at radius 1 is 1.12 bits per heavy atom. The van der Waals surface area contributed by atoms with Gasteiger partial charge in [-0.3, -0.25) is 9.59 Å². The monoisotopic (exact) mass is 456 g/mol. The lowest BCUT2D eigenvalue weighted by molar-refractivity contribution is -0.121. The molecule has 2 amide bonds. The maximum Gasteiger partial charge on any atom is 0.243 e. The van der Waals surface area contributed by atoms with Gasteiger partial charge in [0.2, 0.25) is 21.8 Å². The van der Waals surface area contributed by atoms with Gasteiger partial charge in [-0.2, -0.15) is 4.31 Å². The molecule has 1 atom stereocenters. The van der Waals surface area contributed by atoms with Crippen molar-refractivity contribution in [1.29, 1.82) is 0 Å². The number of benzene rings is 1. The second-order valence-corrected chi connectivity index (χ2v) is 10.5. The SMILES string of the molecule is CC(=O)N1c2ccc(S(=O)(=O)N3CCC(C(=O)Nc4cccc(C)n4)CC3)cc2C[C@@H]1C. The average Bonchev–Trinajstić information content (AvgIpc) is 3.09. The van der Waals surface area contributed by atoms with Crippen molar-refractivity contribution in [2.24, 2.45) is 5.92 Å². The van der Waals surface area contributed by atoms with Crippen molar-refractivity contribution in [2.75, 3.05) is 23.3 Å². The molecular weight excluding hydrogens is 428 g/mol. The van der Waals surface area contributed by atoms with E-state index in [1.54, 1.807) is 29.2 Å². The lowest BCUT2D eigenvalue weighted by Gasteiger charge is -2.30. The predicted octanol–water partition coefficient (Wildman–Crippen LogP) is 2.73. The fourth-order valence-corrected chi connectivity index (χ4v) is 6.12. The van der Waals surface area contributed by atoms with Crippen molar-refractivity contribution < 1.29 is 18.0 Å². The molecule has 170 valence electrons. The number of anilines is 2. The number of nitrogens with zero attached hydrogens (tertiary/aromatic N) is 3. The van der Waals surface area contributed by atoms with Gasteiger partial charge in [-0.05, 0) is 69.0 Å². The van der Waals surface area contributed by atoms with Gasteiger partial charge in [0.05, 0.1) is 4.90 Å². The molecule has 0 aliphatic carbocycles. The molecule has 2 aromatic rings. The molecule has 1 aromatic carbocycles. The summed E-state index contributed by atoms with van der Waals surface area (Å²) in [5.74, 6) is 0.0786. The number of carbonyl (C=O) groups excluding carboxylic acids is 2. The van der Waals surface area contributed by atoms with Crippen LogP contribution in [0.3, 0.4) is 0 Å². The summed E-state index contributed by atoms with van der Waals surface area (Å²) in [5.41, 5.74) is 2.47. The molecule has 0 unspecified atom stereocenters. The highest BCUT2D eigenvalue weighted by molar-refractivity contribution is 7.89. The van der Waals surface area contributed by atoms with Crippen LogP contribution in [-0.4, -0.2) is 48.7 Å². The van der Waals surface area contributed by atoms with E-state index >= 15 is 0 Å². The van der Waals surface area contributed by atoms with Gasteiger partial charge in [-0.1, -0.05) is 6.07 Å². The van der Waals surface area contributed by atoms with Gasteiger partial charge in [0.1, 0.15) is 5.82 Å². The second kappa shape index (κ2) is 8.63. The van der Waals surface area contributed by atoms with E-state index in [-0.39, 0.29) is 41.8 Å². The van der Waals surface area contributed by atoms with Crippen LogP contribution >= 0.6 is 0 Å². The van der Waals surface area contributed by atoms with Crippen LogP contribution < -0.4 is 10.2 Å². The van der Waals surface area contributed by atoms with Gasteiger partial charge in [-0.15, -0.1) is 0 Å². The molecule has 32 heavy (non-hydrogen) atoms. The number of hydrogen-bond acceptors (Lipinski definition) is 5. The maximum absolute atomic E-state index is 13.2. The number of carbonyl (C=O) groups is 2. The highest BCUT2D eigenvalue weighted by atomic mass is 32.2. The van der Waals surface area contributed by atoms with E-state index in [1.807, 2.05) is 26.0 Å². The Balaban J connectivity index is 1.43. The summed E-state index contributed by atoms with van der Waals surface area (Å²) in [5, 5.41) is 2.83. The summed E-state index contributed by atoms with van der Waals surface area (Å²) in [6.07, 6.45) is 1.54. The van der Waals surface area contributed by atoms with Crippen LogP contribution in [0.2, 0.25) is 0 Å². The number of fused-ring (bicyclic) bond motifs is 1. The van der Waals surface area contributed by atoms with Crippen LogP contribution in [0, 0.1) is 12.8 Å². The number of piperidine rings is 1. The number of rotatable bonds is 4. The van der Waals surface area contributed by atoms with Crippen molar-refractivity contribution in [3.05, 3.63) is 47.7 Å². The Morgan fingerprint density at radius 3 is 2.50 bits per heavy atom. The fraction of sp³-hybridized carbons (Fsp3) is 0.435. The first-order valence-electron chi connectivity index (χ1n) is 10.8. The number of sulfonamides is 1. The summed E-state index contributed by atoms with van der Waals surface area (Å²) in [6.45, 7) is 5.91. The molecule has 4 rings (SSSR count). The molecule has 1 saturated heterocycles. The molecule has 0 radical (unpaired) electrons. The molecule has 3 heterocycles. The Labute approximate surface area is 188 Å². The van der Waals surface area contributed by atoms with E-state index in [4.69, 9.17) is 0 Å². The zero-order valence-electron chi connectivity index (χ0n) is 18.5. The minimum atomic E-state index is -3.67. The minimum Gasteiger partial charge on any atom is -0.310 e. The Morgan fingerprint density at radius 2 is 1.84 bits per heavy atom. The normalized spacial score (nSPS) is 19.6. The van der Waals surface area contributed by atoms with Crippen molar-refractivity contribution in [3.8, 4) is 0 Å². The zero-order valence-corrected chi connectivity index (χ0v) is 19.4. The molecule has 1 N–H and O–H groups in total. The van der Waals surface area contributed by atoms with Crippen LogP contribution in [0.15, 0.2) is 41.3 Å². The van der Waals surface area contributed by atoms with Gasteiger partial charge in [0, 0.05) is 43.4 Å².